The van der Waals surface area contributed by atoms with Crippen molar-refractivity contribution in [1.29, 1.82) is 0 Å². The lowest BCUT2D eigenvalue weighted by molar-refractivity contribution is 0.0524. The average Bonchev–Trinajstić information content (AvgIpc) is 2.76. The number of hydrogen-bond acceptors (Lipinski definition) is 5. The summed E-state index contributed by atoms with van der Waals surface area (Å²) in [4.78, 5) is 25.3. The third kappa shape index (κ3) is 4.24. The molecule has 0 saturated carbocycles. The van der Waals surface area contributed by atoms with E-state index >= 15 is 0 Å². The first kappa shape index (κ1) is 20.2. The van der Waals surface area contributed by atoms with Crippen LogP contribution in [0, 0.1) is 0 Å². The van der Waals surface area contributed by atoms with Gasteiger partial charge >= 0.3 is 5.97 Å². The number of carbonyl (C=O) groups is 1. The molecule has 2 heterocycles. The Morgan fingerprint density at radius 2 is 2.03 bits per heavy atom. The van der Waals surface area contributed by atoms with Crippen molar-refractivity contribution in [3.8, 4) is 0 Å². The summed E-state index contributed by atoms with van der Waals surface area (Å²) >= 11 is 0. The second-order valence-corrected chi connectivity index (χ2v) is 7.39. The molecule has 0 spiro atoms. The number of ether oxygens (including phenoxy) is 2. The Morgan fingerprint density at radius 1 is 1.20 bits per heavy atom. The van der Waals surface area contributed by atoms with Crippen LogP contribution in [0.2, 0.25) is 0 Å². The number of nitrogens with zero attached hydrogens (tertiary/aromatic N) is 1. The molecular formula is C24H26N2O4. The van der Waals surface area contributed by atoms with Gasteiger partial charge in [0.15, 0.2) is 0 Å². The molecular weight excluding hydrogens is 380 g/mol. The van der Waals surface area contributed by atoms with Crippen LogP contribution in [-0.4, -0.2) is 30.3 Å². The first-order valence-electron chi connectivity index (χ1n) is 10.4. The van der Waals surface area contributed by atoms with Crippen LogP contribution in [0.5, 0.6) is 0 Å². The molecule has 6 heteroatoms. The number of benzene rings is 2. The Labute approximate surface area is 175 Å². The molecule has 0 atom stereocenters. The molecule has 1 aliphatic rings. The number of anilines is 1. The van der Waals surface area contributed by atoms with Crippen LogP contribution in [-0.2, 0) is 29.0 Å². The van der Waals surface area contributed by atoms with Crippen molar-refractivity contribution in [2.45, 2.75) is 32.9 Å². The van der Waals surface area contributed by atoms with Gasteiger partial charge in [-0.3, -0.25) is 4.79 Å². The number of rotatable bonds is 8. The number of nitrogens with one attached hydrogen (secondary N) is 1. The Kier molecular flexibility index (Phi) is 6.14. The molecule has 6 nitrogen and oxygen atoms in total. The number of hydrogen-bond donors (Lipinski definition) is 1. The van der Waals surface area contributed by atoms with Crippen LogP contribution in [0.25, 0.3) is 10.9 Å². The summed E-state index contributed by atoms with van der Waals surface area (Å²) in [7, 11) is 0. The second kappa shape index (κ2) is 9.13. The zero-order chi connectivity index (χ0) is 20.9. The van der Waals surface area contributed by atoms with Gasteiger partial charge in [0.05, 0.1) is 25.3 Å². The molecule has 0 fully saturated rings. The minimum atomic E-state index is -0.562. The summed E-state index contributed by atoms with van der Waals surface area (Å²) < 4.78 is 12.8. The Balaban J connectivity index is 1.52. The van der Waals surface area contributed by atoms with Crippen molar-refractivity contribution in [3.63, 3.8) is 0 Å². The van der Waals surface area contributed by atoms with E-state index in [0.29, 0.717) is 25.1 Å². The molecule has 1 N–H and O–H groups in total. The monoisotopic (exact) mass is 406 g/mol. The highest BCUT2D eigenvalue weighted by Crippen LogP contribution is 2.27. The second-order valence-electron chi connectivity index (χ2n) is 7.39. The molecule has 30 heavy (non-hydrogen) atoms. The van der Waals surface area contributed by atoms with E-state index in [1.54, 1.807) is 13.1 Å². The van der Waals surface area contributed by atoms with Crippen LogP contribution in [0.4, 0.5) is 5.69 Å². The quantitative estimate of drug-likeness (QED) is 0.456. The molecule has 0 aliphatic carbocycles. The fourth-order valence-corrected chi connectivity index (χ4v) is 3.93. The summed E-state index contributed by atoms with van der Waals surface area (Å²) in [6.45, 7) is 4.51. The van der Waals surface area contributed by atoms with Gasteiger partial charge in [0.25, 0.3) is 0 Å². The van der Waals surface area contributed by atoms with Crippen molar-refractivity contribution in [1.82, 2.24) is 4.57 Å². The van der Waals surface area contributed by atoms with Crippen LogP contribution < -0.4 is 10.7 Å². The molecule has 1 aliphatic heterocycles. The first-order chi connectivity index (χ1) is 14.7. The normalized spacial score (nSPS) is 12.7. The van der Waals surface area contributed by atoms with E-state index in [9.17, 15) is 9.59 Å². The van der Waals surface area contributed by atoms with E-state index in [2.05, 4.69) is 11.4 Å². The van der Waals surface area contributed by atoms with Crippen molar-refractivity contribution in [2.24, 2.45) is 0 Å². The van der Waals surface area contributed by atoms with Gasteiger partial charge in [-0.1, -0.05) is 30.3 Å². The van der Waals surface area contributed by atoms with Gasteiger partial charge in [-0.25, -0.2) is 4.79 Å². The number of carbonyl (C=O) groups excluding carboxylic acids is 1. The molecule has 1 aromatic heterocycles. The third-order valence-electron chi connectivity index (χ3n) is 5.28. The molecule has 4 rings (SSSR count). The number of aryl methyl sites for hydroxylation is 2. The lowest BCUT2D eigenvalue weighted by atomic mass is 9.98. The summed E-state index contributed by atoms with van der Waals surface area (Å²) in [6, 6.07) is 14.0. The van der Waals surface area contributed by atoms with Gasteiger partial charge in [0, 0.05) is 30.4 Å². The van der Waals surface area contributed by atoms with E-state index in [0.717, 1.165) is 41.7 Å². The fraction of sp³-hybridized carbons (Fsp3) is 0.333. The third-order valence-corrected chi connectivity index (χ3v) is 5.28. The Morgan fingerprint density at radius 3 is 2.83 bits per heavy atom. The van der Waals surface area contributed by atoms with Gasteiger partial charge in [-0.2, -0.15) is 0 Å². The summed E-state index contributed by atoms with van der Waals surface area (Å²) in [5.41, 5.74) is 3.88. The van der Waals surface area contributed by atoms with Gasteiger partial charge in [-0.05, 0) is 43.0 Å². The van der Waals surface area contributed by atoms with E-state index in [1.807, 2.05) is 41.0 Å². The zero-order valence-electron chi connectivity index (χ0n) is 17.1. The minimum Gasteiger partial charge on any atom is -0.462 e. The van der Waals surface area contributed by atoms with Gasteiger partial charge in [0.1, 0.15) is 5.56 Å². The maximum absolute atomic E-state index is 13.0. The molecule has 0 radical (unpaired) electrons. The van der Waals surface area contributed by atoms with Crippen LogP contribution >= 0.6 is 0 Å². The van der Waals surface area contributed by atoms with Gasteiger partial charge in [0.2, 0.25) is 5.43 Å². The standard InChI is InChI=1S/C24H26N2O4/c1-2-30-24(28)21-15-26-11-6-9-18-13-19(14-20(22(18)26)23(21)27)25-10-12-29-16-17-7-4-3-5-8-17/h3-5,7-8,13-15,25H,2,6,9-12,16H2,1H3. The van der Waals surface area contributed by atoms with Crippen LogP contribution in [0.15, 0.2) is 53.5 Å². The summed E-state index contributed by atoms with van der Waals surface area (Å²) in [5.74, 6) is -0.562. The van der Waals surface area contributed by atoms with Crippen LogP contribution in [0.1, 0.15) is 34.8 Å². The molecule has 0 saturated heterocycles. The largest absolute Gasteiger partial charge is 0.462 e. The van der Waals surface area contributed by atoms with Gasteiger partial charge < -0.3 is 19.4 Å². The minimum absolute atomic E-state index is 0.0977. The summed E-state index contributed by atoms with van der Waals surface area (Å²) in [5, 5.41) is 3.91. The highest BCUT2D eigenvalue weighted by atomic mass is 16.5. The van der Waals surface area contributed by atoms with Crippen molar-refractivity contribution in [3.05, 3.63) is 75.6 Å². The lowest BCUT2D eigenvalue weighted by Gasteiger charge is -2.22. The highest BCUT2D eigenvalue weighted by Gasteiger charge is 2.21. The fourth-order valence-electron chi connectivity index (χ4n) is 3.93. The molecule has 0 bridgehead atoms. The lowest BCUT2D eigenvalue weighted by Crippen LogP contribution is -2.23. The molecule has 156 valence electrons. The van der Waals surface area contributed by atoms with Crippen molar-refractivity contribution < 1.29 is 14.3 Å². The average molecular weight is 406 g/mol. The van der Waals surface area contributed by atoms with E-state index in [1.165, 1.54) is 0 Å². The van der Waals surface area contributed by atoms with Crippen molar-refractivity contribution in [2.75, 3.05) is 25.1 Å². The maximum atomic E-state index is 13.0. The molecule has 0 amide bonds. The Hall–Kier alpha value is -3.12. The van der Waals surface area contributed by atoms with E-state index in [-0.39, 0.29) is 17.6 Å². The molecule has 3 aromatic rings. The SMILES string of the molecule is CCOC(=O)c1cn2c3c(cc(NCCOCc4ccccc4)cc3c1=O)CCC2. The summed E-state index contributed by atoms with van der Waals surface area (Å²) in [6.07, 6.45) is 3.53. The molecule has 2 aromatic carbocycles. The topological polar surface area (TPSA) is 69.6 Å². The predicted octanol–water partition coefficient (Wildman–Crippen LogP) is 3.75. The zero-order valence-corrected chi connectivity index (χ0v) is 17.1. The van der Waals surface area contributed by atoms with E-state index < -0.39 is 5.97 Å². The van der Waals surface area contributed by atoms with Gasteiger partial charge in [-0.15, -0.1) is 0 Å². The predicted molar refractivity (Wildman–Crippen MR) is 117 cm³/mol. The number of esters is 1. The van der Waals surface area contributed by atoms with E-state index in [4.69, 9.17) is 9.47 Å². The highest BCUT2D eigenvalue weighted by molar-refractivity contribution is 5.95. The van der Waals surface area contributed by atoms with Crippen LogP contribution in [0.3, 0.4) is 0 Å². The Bertz CT molecular complexity index is 1110. The first-order valence-corrected chi connectivity index (χ1v) is 10.4. The number of aromatic nitrogens is 1. The number of pyridine rings is 1. The maximum Gasteiger partial charge on any atom is 0.343 e. The smallest absolute Gasteiger partial charge is 0.343 e. The van der Waals surface area contributed by atoms with Crippen molar-refractivity contribution >= 4 is 22.6 Å². The molecule has 0 unspecified atom stereocenters.